The van der Waals surface area contributed by atoms with Crippen molar-refractivity contribution in [3.63, 3.8) is 0 Å². The van der Waals surface area contributed by atoms with Crippen molar-refractivity contribution in [1.82, 2.24) is 19.4 Å². The molecule has 0 atom stereocenters. The number of pyridine rings is 1. The van der Waals surface area contributed by atoms with Gasteiger partial charge in [0.25, 0.3) is 5.56 Å². The molecule has 6 heteroatoms. The molecule has 0 saturated heterocycles. The lowest BCUT2D eigenvalue weighted by atomic mass is 10.0. The smallest absolute Gasteiger partial charge is 0.267 e. The third kappa shape index (κ3) is 3.07. The number of hydrogen-bond acceptors (Lipinski definition) is 4. The zero-order chi connectivity index (χ0) is 19.7. The van der Waals surface area contributed by atoms with Crippen molar-refractivity contribution in [2.45, 2.75) is 26.8 Å². The second kappa shape index (κ2) is 7.31. The molecule has 0 aliphatic carbocycles. The molecule has 0 radical (unpaired) electrons. The number of nitrogens with zero attached hydrogens (tertiary/aromatic N) is 4. The van der Waals surface area contributed by atoms with E-state index in [0.29, 0.717) is 12.3 Å². The molecule has 3 heterocycles. The summed E-state index contributed by atoms with van der Waals surface area (Å²) in [6.07, 6.45) is 1.90. The Morgan fingerprint density at radius 2 is 1.79 bits per heavy atom. The number of aromatic nitrogens is 4. The minimum absolute atomic E-state index is 0.0409. The molecule has 0 amide bonds. The summed E-state index contributed by atoms with van der Waals surface area (Å²) in [7, 11) is 0. The van der Waals surface area contributed by atoms with E-state index >= 15 is 0 Å². The topological polar surface area (TPSA) is 61.4 Å². The van der Waals surface area contributed by atoms with Crippen LogP contribution in [0, 0.1) is 0 Å². The van der Waals surface area contributed by atoms with E-state index in [9.17, 15) is 4.79 Å². The Hall–Kier alpha value is -3.41. The fourth-order valence-electron chi connectivity index (χ4n) is 3.31. The highest BCUT2D eigenvalue weighted by molar-refractivity contribution is 5.93. The highest BCUT2D eigenvalue weighted by Crippen LogP contribution is 2.37. The summed E-state index contributed by atoms with van der Waals surface area (Å²) in [5.41, 5.74) is 4.03. The Morgan fingerprint density at radius 3 is 2.50 bits per heavy atom. The van der Waals surface area contributed by atoms with E-state index in [0.717, 1.165) is 28.1 Å². The third-order valence-electron chi connectivity index (χ3n) is 4.54. The molecule has 1 aromatic carbocycles. The standard InChI is InChI=1S/C22H22N4O2/c1-4-28-18-11-8-14-25-22(18)20(21(24-25)16-9-6-5-7-10-16)17-12-13-19(27)26(23-17)15(2)3/h5-15H,4H2,1-3H3. The molecule has 3 aromatic heterocycles. The molecular weight excluding hydrogens is 352 g/mol. The van der Waals surface area contributed by atoms with Crippen molar-refractivity contribution >= 4 is 5.52 Å². The minimum Gasteiger partial charge on any atom is -0.492 e. The Kier molecular flexibility index (Phi) is 4.69. The first kappa shape index (κ1) is 18.0. The maximum atomic E-state index is 12.2. The quantitative estimate of drug-likeness (QED) is 0.525. The number of benzene rings is 1. The lowest BCUT2D eigenvalue weighted by molar-refractivity contribution is 0.343. The van der Waals surface area contributed by atoms with Gasteiger partial charge in [0.15, 0.2) is 0 Å². The van der Waals surface area contributed by atoms with Crippen LogP contribution in [-0.4, -0.2) is 26.0 Å². The van der Waals surface area contributed by atoms with Crippen LogP contribution in [-0.2, 0) is 0 Å². The van der Waals surface area contributed by atoms with Gasteiger partial charge in [0.1, 0.15) is 17.0 Å². The van der Waals surface area contributed by atoms with E-state index in [1.807, 2.05) is 73.9 Å². The van der Waals surface area contributed by atoms with E-state index in [1.165, 1.54) is 4.68 Å². The van der Waals surface area contributed by atoms with Gasteiger partial charge in [0, 0.05) is 17.8 Å². The van der Waals surface area contributed by atoms with Crippen LogP contribution in [0.4, 0.5) is 0 Å². The Morgan fingerprint density at radius 1 is 1.00 bits per heavy atom. The van der Waals surface area contributed by atoms with Crippen molar-refractivity contribution in [3.05, 3.63) is 71.1 Å². The van der Waals surface area contributed by atoms with E-state index in [-0.39, 0.29) is 11.6 Å². The van der Waals surface area contributed by atoms with Crippen molar-refractivity contribution in [3.8, 4) is 28.3 Å². The first-order chi connectivity index (χ1) is 13.6. The average molecular weight is 374 g/mol. The SMILES string of the molecule is CCOc1cccn2nc(-c3ccccc3)c(-c3ccc(=O)n(C(C)C)n3)c12. The summed E-state index contributed by atoms with van der Waals surface area (Å²) >= 11 is 0. The van der Waals surface area contributed by atoms with Crippen LogP contribution in [0.15, 0.2) is 65.6 Å². The second-order valence-corrected chi connectivity index (χ2v) is 6.78. The molecule has 0 aliphatic rings. The van der Waals surface area contributed by atoms with Gasteiger partial charge in [-0.15, -0.1) is 0 Å². The van der Waals surface area contributed by atoms with Crippen molar-refractivity contribution in [2.75, 3.05) is 6.61 Å². The van der Waals surface area contributed by atoms with E-state index < -0.39 is 0 Å². The molecule has 6 nitrogen and oxygen atoms in total. The van der Waals surface area contributed by atoms with Gasteiger partial charge in [-0.1, -0.05) is 30.3 Å². The normalized spacial score (nSPS) is 11.3. The third-order valence-corrected chi connectivity index (χ3v) is 4.54. The average Bonchev–Trinajstić information content (AvgIpc) is 3.10. The van der Waals surface area contributed by atoms with Crippen LogP contribution in [0.1, 0.15) is 26.8 Å². The predicted octanol–water partition coefficient (Wildman–Crippen LogP) is 4.20. The molecule has 0 bridgehead atoms. The molecule has 0 N–H and O–H groups in total. The van der Waals surface area contributed by atoms with E-state index in [4.69, 9.17) is 9.84 Å². The Balaban J connectivity index is 2.08. The number of ether oxygens (including phenoxy) is 1. The number of rotatable bonds is 5. The van der Waals surface area contributed by atoms with E-state index in [1.54, 1.807) is 12.1 Å². The zero-order valence-electron chi connectivity index (χ0n) is 16.2. The van der Waals surface area contributed by atoms with Crippen molar-refractivity contribution in [2.24, 2.45) is 0 Å². The summed E-state index contributed by atoms with van der Waals surface area (Å²) in [4.78, 5) is 12.2. The fraction of sp³-hybridized carbons (Fsp3) is 0.227. The monoisotopic (exact) mass is 374 g/mol. The molecule has 0 spiro atoms. The van der Waals surface area contributed by atoms with Crippen LogP contribution < -0.4 is 10.3 Å². The predicted molar refractivity (Wildman–Crippen MR) is 110 cm³/mol. The minimum atomic E-state index is -0.124. The van der Waals surface area contributed by atoms with E-state index in [2.05, 4.69) is 5.10 Å². The van der Waals surface area contributed by atoms with Crippen LogP contribution in [0.25, 0.3) is 28.0 Å². The molecule has 0 fully saturated rings. The molecule has 0 unspecified atom stereocenters. The first-order valence-corrected chi connectivity index (χ1v) is 9.40. The lowest BCUT2D eigenvalue weighted by Crippen LogP contribution is -2.23. The van der Waals surface area contributed by atoms with Gasteiger partial charge in [0.05, 0.1) is 23.9 Å². The van der Waals surface area contributed by atoms with Crippen LogP contribution in [0.5, 0.6) is 5.75 Å². The molecule has 4 aromatic rings. The van der Waals surface area contributed by atoms with Gasteiger partial charge in [-0.3, -0.25) is 4.79 Å². The highest BCUT2D eigenvalue weighted by Gasteiger charge is 2.21. The zero-order valence-corrected chi connectivity index (χ0v) is 16.2. The van der Waals surface area contributed by atoms with Crippen molar-refractivity contribution in [1.29, 1.82) is 0 Å². The first-order valence-electron chi connectivity index (χ1n) is 9.40. The Labute approximate surface area is 163 Å². The molecule has 142 valence electrons. The van der Waals surface area contributed by atoms with Gasteiger partial charge in [-0.2, -0.15) is 10.2 Å². The van der Waals surface area contributed by atoms with Gasteiger partial charge in [-0.05, 0) is 39.0 Å². The van der Waals surface area contributed by atoms with Crippen LogP contribution in [0.3, 0.4) is 0 Å². The fourth-order valence-corrected chi connectivity index (χ4v) is 3.31. The number of fused-ring (bicyclic) bond motifs is 1. The highest BCUT2D eigenvalue weighted by atomic mass is 16.5. The van der Waals surface area contributed by atoms with Gasteiger partial charge < -0.3 is 4.74 Å². The maximum absolute atomic E-state index is 12.2. The Bertz CT molecular complexity index is 1180. The van der Waals surface area contributed by atoms with Gasteiger partial charge in [0.2, 0.25) is 0 Å². The summed E-state index contributed by atoms with van der Waals surface area (Å²) in [6, 6.07) is 17.1. The van der Waals surface area contributed by atoms with Crippen molar-refractivity contribution < 1.29 is 4.74 Å². The molecular formula is C22H22N4O2. The molecule has 28 heavy (non-hydrogen) atoms. The second-order valence-electron chi connectivity index (χ2n) is 6.78. The summed E-state index contributed by atoms with van der Waals surface area (Å²) in [6.45, 7) is 6.38. The van der Waals surface area contributed by atoms with Crippen LogP contribution in [0.2, 0.25) is 0 Å². The van der Waals surface area contributed by atoms with Gasteiger partial charge >= 0.3 is 0 Å². The molecule has 4 rings (SSSR count). The maximum Gasteiger partial charge on any atom is 0.267 e. The number of hydrogen-bond donors (Lipinski definition) is 0. The summed E-state index contributed by atoms with van der Waals surface area (Å²) in [5.74, 6) is 0.735. The largest absolute Gasteiger partial charge is 0.492 e. The molecule has 0 aliphatic heterocycles. The van der Waals surface area contributed by atoms with Gasteiger partial charge in [-0.25, -0.2) is 9.20 Å². The molecule has 0 saturated carbocycles. The van der Waals surface area contributed by atoms with Crippen LogP contribution >= 0.6 is 0 Å². The summed E-state index contributed by atoms with van der Waals surface area (Å²) < 4.78 is 9.19. The lowest BCUT2D eigenvalue weighted by Gasteiger charge is -2.11. The summed E-state index contributed by atoms with van der Waals surface area (Å²) in [5, 5.41) is 9.46.